The zero-order valence-electron chi connectivity index (χ0n) is 36.6. The Bertz CT molecular complexity index is 1770. The molecular formula is C52H71ClO5. The summed E-state index contributed by atoms with van der Waals surface area (Å²) in [7, 11) is 0. The molecule has 0 saturated heterocycles. The fraction of sp³-hybridized carbons (Fsp3) is 0.654. The first-order chi connectivity index (χ1) is 27.8. The van der Waals surface area contributed by atoms with Gasteiger partial charge in [0.15, 0.2) is 0 Å². The van der Waals surface area contributed by atoms with Gasteiger partial charge in [-0.3, -0.25) is 9.59 Å². The number of esters is 2. The SMILES string of the molecule is CC[C@H](C)[C@H](Cl)C(=O)Oc1ccc(C#Cc2ccc(OCCCCC(=O)O[C@H]3CC[C@@]4(C)C(=CC[C@H]5[C@@H]6CC[C@H]([C@H](C)CCCC(C)C)[C@@]6(C)CC[C@@H]54)C3)cc2)cc1. The van der Waals surface area contributed by atoms with Gasteiger partial charge in [0.25, 0.3) is 0 Å². The molecule has 6 heteroatoms. The second-order valence-electron chi connectivity index (χ2n) is 19.5. The number of ether oxygens (including phenoxy) is 3. The number of halogens is 1. The number of fused-ring (bicyclic) bond motifs is 5. The van der Waals surface area contributed by atoms with Gasteiger partial charge >= 0.3 is 11.9 Å². The molecule has 5 nitrogen and oxygen atoms in total. The Hall–Kier alpha value is -3.23. The zero-order valence-corrected chi connectivity index (χ0v) is 37.4. The minimum absolute atomic E-state index is 0.0141. The summed E-state index contributed by atoms with van der Waals surface area (Å²) in [5.74, 6) is 12.1. The third-order valence-electron chi connectivity index (χ3n) is 15.2. The second kappa shape index (κ2) is 19.9. The summed E-state index contributed by atoms with van der Waals surface area (Å²) in [6, 6.07) is 14.8. The summed E-state index contributed by atoms with van der Waals surface area (Å²) in [5, 5.41) is -0.667. The molecule has 0 aliphatic heterocycles. The first-order valence-electron chi connectivity index (χ1n) is 22.9. The van der Waals surface area contributed by atoms with Crippen molar-refractivity contribution in [1.29, 1.82) is 0 Å². The molecule has 58 heavy (non-hydrogen) atoms. The molecule has 10 atom stereocenters. The normalized spacial score (nSPS) is 29.1. The molecule has 4 aliphatic rings. The van der Waals surface area contributed by atoms with Crippen LogP contribution in [-0.2, 0) is 14.3 Å². The molecule has 316 valence electrons. The van der Waals surface area contributed by atoms with E-state index in [-0.39, 0.29) is 23.4 Å². The summed E-state index contributed by atoms with van der Waals surface area (Å²) in [6.07, 6.45) is 19.5. The minimum Gasteiger partial charge on any atom is -0.494 e. The number of allylic oxidation sites excluding steroid dienone is 1. The monoisotopic (exact) mass is 810 g/mol. The lowest BCUT2D eigenvalue weighted by atomic mass is 9.47. The standard InChI is InChI=1S/C52H71ClO5/c1-8-36(4)49(53)50(55)58-42-24-19-39(20-25-42)16-15-38-17-22-41(23-18-38)56-33-10-9-14-48(54)57-43-29-31-51(6)40(34-43)21-26-44-46-28-27-45(37(5)13-11-12-35(2)3)52(46,7)32-30-47(44)51/h17-25,35-37,43-47,49H,8-14,26-34H2,1-7H3/t36-,37+,43-,44-,45+,46-,47-,49-,51-,52+/m0/s1. The Morgan fingerprint density at radius 1 is 0.828 bits per heavy atom. The van der Waals surface area contributed by atoms with E-state index in [2.05, 4.69) is 52.5 Å². The van der Waals surface area contributed by atoms with Crippen LogP contribution >= 0.6 is 11.6 Å². The molecule has 0 amide bonds. The lowest BCUT2D eigenvalue weighted by molar-refractivity contribution is -0.151. The van der Waals surface area contributed by atoms with E-state index >= 15 is 0 Å². The smallest absolute Gasteiger partial charge is 0.329 e. The fourth-order valence-corrected chi connectivity index (χ4v) is 11.8. The molecule has 0 N–H and O–H groups in total. The predicted octanol–water partition coefficient (Wildman–Crippen LogP) is 13.1. The molecule has 0 radical (unpaired) electrons. The van der Waals surface area contributed by atoms with Gasteiger partial charge in [0.1, 0.15) is 23.0 Å². The maximum atomic E-state index is 13.0. The molecule has 3 saturated carbocycles. The topological polar surface area (TPSA) is 61.8 Å². The van der Waals surface area contributed by atoms with Crippen LogP contribution in [-0.4, -0.2) is 30.0 Å². The number of carbonyl (C=O) groups excluding carboxylic acids is 2. The highest BCUT2D eigenvalue weighted by Crippen LogP contribution is 2.67. The molecule has 0 bridgehead atoms. The van der Waals surface area contributed by atoms with Crippen molar-refractivity contribution in [2.75, 3.05) is 6.61 Å². The molecule has 0 spiro atoms. The molecule has 2 aromatic rings. The van der Waals surface area contributed by atoms with Crippen LogP contribution < -0.4 is 9.47 Å². The molecule has 6 rings (SSSR count). The van der Waals surface area contributed by atoms with Gasteiger partial charge in [-0.15, -0.1) is 11.6 Å². The van der Waals surface area contributed by atoms with Crippen molar-refractivity contribution in [3.63, 3.8) is 0 Å². The van der Waals surface area contributed by atoms with Crippen LogP contribution in [0.2, 0.25) is 0 Å². The van der Waals surface area contributed by atoms with Crippen molar-refractivity contribution in [3.05, 3.63) is 71.3 Å². The van der Waals surface area contributed by atoms with Gasteiger partial charge in [-0.05, 0) is 159 Å². The third kappa shape index (κ3) is 10.6. The first kappa shape index (κ1) is 44.3. The van der Waals surface area contributed by atoms with Crippen molar-refractivity contribution in [3.8, 4) is 23.3 Å². The number of benzene rings is 2. The van der Waals surface area contributed by atoms with E-state index in [0.717, 1.165) is 90.9 Å². The highest BCUT2D eigenvalue weighted by Gasteiger charge is 2.59. The van der Waals surface area contributed by atoms with Gasteiger partial charge in [0.05, 0.1) is 6.61 Å². The Kier molecular flexibility index (Phi) is 15.2. The predicted molar refractivity (Wildman–Crippen MR) is 236 cm³/mol. The van der Waals surface area contributed by atoms with Crippen molar-refractivity contribution in [2.45, 2.75) is 156 Å². The molecule has 3 fully saturated rings. The summed E-state index contributed by atoms with van der Waals surface area (Å²) in [6.45, 7) is 17.0. The minimum atomic E-state index is -0.667. The second-order valence-corrected chi connectivity index (χ2v) is 19.9. The number of alkyl halides is 1. The lowest BCUT2D eigenvalue weighted by Gasteiger charge is -2.58. The quantitative estimate of drug-likeness (QED) is 0.0422. The van der Waals surface area contributed by atoms with Crippen molar-refractivity contribution in [2.24, 2.45) is 52.3 Å². The number of hydrogen-bond acceptors (Lipinski definition) is 5. The Balaban J connectivity index is 0.891. The van der Waals surface area contributed by atoms with Crippen LogP contribution in [0.1, 0.15) is 156 Å². The number of rotatable bonds is 16. The summed E-state index contributed by atoms with van der Waals surface area (Å²) in [5.41, 5.74) is 4.05. The molecule has 0 aromatic heterocycles. The van der Waals surface area contributed by atoms with E-state index in [1.807, 2.05) is 50.2 Å². The number of unbranched alkanes of at least 4 members (excludes halogenated alkanes) is 1. The summed E-state index contributed by atoms with van der Waals surface area (Å²) < 4.78 is 17.5. The van der Waals surface area contributed by atoms with E-state index in [0.29, 0.717) is 24.2 Å². The Morgan fingerprint density at radius 2 is 1.52 bits per heavy atom. The van der Waals surface area contributed by atoms with E-state index in [1.165, 1.54) is 51.4 Å². The van der Waals surface area contributed by atoms with Gasteiger partial charge in [-0.25, -0.2) is 0 Å². The molecule has 2 aromatic carbocycles. The average molecular weight is 812 g/mol. The Morgan fingerprint density at radius 3 is 2.19 bits per heavy atom. The van der Waals surface area contributed by atoms with E-state index in [9.17, 15) is 9.59 Å². The molecule has 0 heterocycles. The third-order valence-corrected chi connectivity index (χ3v) is 15.9. The van der Waals surface area contributed by atoms with Crippen molar-refractivity contribution in [1.82, 2.24) is 0 Å². The zero-order chi connectivity index (χ0) is 41.5. The summed E-state index contributed by atoms with van der Waals surface area (Å²) in [4.78, 5) is 25.2. The fourth-order valence-electron chi connectivity index (χ4n) is 11.6. The van der Waals surface area contributed by atoms with Crippen molar-refractivity contribution < 1.29 is 23.8 Å². The largest absolute Gasteiger partial charge is 0.494 e. The van der Waals surface area contributed by atoms with Crippen LogP contribution in [0.25, 0.3) is 0 Å². The lowest BCUT2D eigenvalue weighted by Crippen LogP contribution is -2.51. The van der Waals surface area contributed by atoms with Crippen LogP contribution in [0, 0.1) is 64.1 Å². The number of carbonyl (C=O) groups is 2. The maximum absolute atomic E-state index is 13.0. The number of hydrogen-bond donors (Lipinski definition) is 0. The summed E-state index contributed by atoms with van der Waals surface area (Å²) >= 11 is 6.21. The van der Waals surface area contributed by atoms with Crippen molar-refractivity contribution >= 4 is 23.5 Å². The average Bonchev–Trinajstić information content (AvgIpc) is 3.57. The van der Waals surface area contributed by atoms with Gasteiger partial charge < -0.3 is 14.2 Å². The molecular weight excluding hydrogens is 740 g/mol. The van der Waals surface area contributed by atoms with Gasteiger partial charge in [-0.1, -0.05) is 97.6 Å². The van der Waals surface area contributed by atoms with Crippen LogP contribution in [0.4, 0.5) is 0 Å². The molecule has 4 aliphatic carbocycles. The van der Waals surface area contributed by atoms with Crippen LogP contribution in [0.3, 0.4) is 0 Å². The van der Waals surface area contributed by atoms with Gasteiger partial charge in [0, 0.05) is 24.0 Å². The van der Waals surface area contributed by atoms with Crippen LogP contribution in [0.5, 0.6) is 11.5 Å². The van der Waals surface area contributed by atoms with Gasteiger partial charge in [0.2, 0.25) is 0 Å². The van der Waals surface area contributed by atoms with E-state index < -0.39 is 11.3 Å². The maximum Gasteiger partial charge on any atom is 0.329 e. The molecule has 0 unspecified atom stereocenters. The van der Waals surface area contributed by atoms with E-state index in [4.69, 9.17) is 25.8 Å². The first-order valence-corrected chi connectivity index (χ1v) is 23.3. The highest BCUT2D eigenvalue weighted by molar-refractivity contribution is 6.30. The van der Waals surface area contributed by atoms with E-state index in [1.54, 1.807) is 17.7 Å². The van der Waals surface area contributed by atoms with Crippen LogP contribution in [0.15, 0.2) is 60.2 Å². The van der Waals surface area contributed by atoms with Gasteiger partial charge in [-0.2, -0.15) is 0 Å². The Labute approximate surface area is 355 Å². The highest BCUT2D eigenvalue weighted by atomic mass is 35.5.